The van der Waals surface area contributed by atoms with Crippen LogP contribution in [0, 0.1) is 0 Å². The molecule has 0 radical (unpaired) electrons. The van der Waals surface area contributed by atoms with Crippen molar-refractivity contribution in [1.29, 1.82) is 0 Å². The first-order valence-electron chi connectivity index (χ1n) is 16.3. The number of primary amides is 1. The van der Waals surface area contributed by atoms with Crippen LogP contribution in [0.1, 0.15) is 51.0 Å². The summed E-state index contributed by atoms with van der Waals surface area (Å²) in [5.41, 5.74) is 6.89. The van der Waals surface area contributed by atoms with Gasteiger partial charge in [0.25, 0.3) is 0 Å². The minimum absolute atomic E-state index is 0.0715. The van der Waals surface area contributed by atoms with Crippen LogP contribution in [0.25, 0.3) is 0 Å². The molecule has 272 valence electrons. The molecule has 2 fully saturated rings. The number of rotatable bonds is 16. The number of hydrogen-bond acceptors (Lipinski definition) is 11. The van der Waals surface area contributed by atoms with E-state index in [0.717, 1.165) is 11.1 Å². The molecule has 2 saturated heterocycles. The number of benzene rings is 2. The Labute approximate surface area is 289 Å². The molecule has 0 bridgehead atoms. The summed E-state index contributed by atoms with van der Waals surface area (Å²) in [5.74, 6) is -3.56. The van der Waals surface area contributed by atoms with Crippen LogP contribution in [-0.4, -0.2) is 96.9 Å². The lowest BCUT2D eigenvalue weighted by molar-refractivity contribution is -0.351. The van der Waals surface area contributed by atoms with Gasteiger partial charge in [0.1, 0.15) is 42.5 Å². The maximum Gasteiger partial charge on any atom is 0.407 e. The highest BCUT2D eigenvalue weighted by Crippen LogP contribution is 2.36. The molecule has 2 aromatic rings. The van der Waals surface area contributed by atoms with Gasteiger partial charge in [-0.1, -0.05) is 60.7 Å². The van der Waals surface area contributed by atoms with E-state index < -0.39 is 91.3 Å². The van der Waals surface area contributed by atoms with E-state index in [9.17, 15) is 24.0 Å². The number of carbonyl (C=O) groups excluding carboxylic acids is 4. The molecule has 0 saturated carbocycles. The number of nitrogens with one attached hydrogen (secondary N) is 3. The summed E-state index contributed by atoms with van der Waals surface area (Å²) >= 11 is 0. The number of nitrogens with two attached hydrogens (primary N) is 1. The van der Waals surface area contributed by atoms with Crippen molar-refractivity contribution >= 4 is 29.8 Å². The molecule has 0 aliphatic carbocycles. The summed E-state index contributed by atoms with van der Waals surface area (Å²) in [6.07, 6.45) is -7.21. The molecule has 16 heteroatoms. The molecule has 2 aromatic carbocycles. The van der Waals surface area contributed by atoms with Crippen molar-refractivity contribution in [3.8, 4) is 0 Å². The van der Waals surface area contributed by atoms with Crippen LogP contribution in [0.3, 0.4) is 0 Å². The second-order valence-corrected chi connectivity index (χ2v) is 11.8. The smallest absolute Gasteiger partial charge is 0.407 e. The molecule has 0 spiro atoms. The Morgan fingerprint density at radius 1 is 0.960 bits per heavy atom. The predicted molar refractivity (Wildman–Crippen MR) is 174 cm³/mol. The second kappa shape index (κ2) is 18.4. The molecule has 0 aromatic heterocycles. The van der Waals surface area contributed by atoms with E-state index in [2.05, 4.69) is 16.0 Å². The number of fused-ring (bicyclic) bond motifs is 1. The van der Waals surface area contributed by atoms with Gasteiger partial charge in [0.2, 0.25) is 17.7 Å². The van der Waals surface area contributed by atoms with Crippen LogP contribution in [-0.2, 0) is 54.2 Å². The topological polar surface area (TPSA) is 223 Å². The van der Waals surface area contributed by atoms with Gasteiger partial charge in [0, 0.05) is 12.0 Å². The summed E-state index contributed by atoms with van der Waals surface area (Å²) in [4.78, 5) is 61.8. The average Bonchev–Trinajstić information content (AvgIpc) is 3.10. The van der Waals surface area contributed by atoms with E-state index in [0.29, 0.717) is 0 Å². The van der Waals surface area contributed by atoms with E-state index in [1.807, 2.05) is 60.7 Å². The summed E-state index contributed by atoms with van der Waals surface area (Å²) in [7, 11) is 0. The van der Waals surface area contributed by atoms with Crippen LogP contribution in [0.15, 0.2) is 60.7 Å². The number of hydrogen-bond donors (Lipinski definition) is 5. The van der Waals surface area contributed by atoms with E-state index in [1.54, 1.807) is 6.92 Å². The van der Waals surface area contributed by atoms with Crippen LogP contribution in [0.4, 0.5) is 4.79 Å². The number of alkyl carbamates (subject to hydrolysis) is 1. The van der Waals surface area contributed by atoms with Crippen molar-refractivity contribution in [3.63, 3.8) is 0 Å². The van der Waals surface area contributed by atoms with Gasteiger partial charge in [-0.25, -0.2) is 4.79 Å². The third kappa shape index (κ3) is 10.7. The second-order valence-electron chi connectivity index (χ2n) is 11.8. The highest BCUT2D eigenvalue weighted by Gasteiger charge is 2.52. The van der Waals surface area contributed by atoms with Gasteiger partial charge in [-0.15, -0.1) is 0 Å². The van der Waals surface area contributed by atoms with Crippen molar-refractivity contribution in [2.24, 2.45) is 5.73 Å². The molecule has 4 amide bonds. The summed E-state index contributed by atoms with van der Waals surface area (Å²) in [6, 6.07) is 15.0. The monoisotopic (exact) mass is 700 g/mol. The Balaban J connectivity index is 1.55. The zero-order valence-corrected chi connectivity index (χ0v) is 28.0. The van der Waals surface area contributed by atoms with E-state index >= 15 is 0 Å². The largest absolute Gasteiger partial charge is 0.481 e. The fourth-order valence-electron chi connectivity index (χ4n) is 5.41. The van der Waals surface area contributed by atoms with Gasteiger partial charge in [-0.05, 0) is 32.8 Å². The van der Waals surface area contributed by atoms with Gasteiger partial charge in [0.15, 0.2) is 12.6 Å². The number of carboxylic acid groups (broad SMARTS) is 1. The lowest BCUT2D eigenvalue weighted by Gasteiger charge is -2.49. The number of ether oxygens (including phenoxy) is 6. The van der Waals surface area contributed by atoms with Crippen molar-refractivity contribution < 1.29 is 57.5 Å². The lowest BCUT2D eigenvalue weighted by atomic mass is 9.95. The minimum atomic E-state index is -1.25. The molecule has 50 heavy (non-hydrogen) atoms. The first-order chi connectivity index (χ1) is 24.0. The summed E-state index contributed by atoms with van der Waals surface area (Å²) in [6.45, 7) is 4.76. The van der Waals surface area contributed by atoms with Crippen LogP contribution in [0.5, 0.6) is 0 Å². The fraction of sp³-hybridized carbons (Fsp3) is 0.500. The summed E-state index contributed by atoms with van der Waals surface area (Å²) < 4.78 is 36.4. The standard InChI is InChI=1S/C34H44N4O12/c1-4-45-34(44)38-26-28(48-20(3)31(43)36-19(2)30(42)37-23(29(35)41)15-16-25(39)40)27-24(18-47-32(50-27)22-13-9-6-10-14-22)49-33(26)46-17-21-11-7-5-8-12-21/h5-14,19-20,23-24,26-28,32-33H,4,15-18H2,1-3H3,(H2,35,41)(H,36,43)(H,37,42)(H,38,44)(H,39,40)/t19?,20?,23?,24-,26-,27-,28-,32?,33+/m1/s1. The van der Waals surface area contributed by atoms with Gasteiger partial charge in [-0.2, -0.15) is 0 Å². The van der Waals surface area contributed by atoms with Crippen LogP contribution < -0.4 is 21.7 Å². The molecule has 9 atom stereocenters. The maximum atomic E-state index is 13.4. The molecule has 2 heterocycles. The van der Waals surface area contributed by atoms with Crippen molar-refractivity contribution in [1.82, 2.24) is 16.0 Å². The number of amides is 4. The zero-order chi connectivity index (χ0) is 36.2. The van der Waals surface area contributed by atoms with Crippen molar-refractivity contribution in [3.05, 3.63) is 71.8 Å². The Morgan fingerprint density at radius 2 is 1.64 bits per heavy atom. The minimum Gasteiger partial charge on any atom is -0.481 e. The number of aliphatic carboxylic acids is 1. The highest BCUT2D eigenvalue weighted by atomic mass is 16.8. The number of carboxylic acids is 1. The molecule has 4 unspecified atom stereocenters. The summed E-state index contributed by atoms with van der Waals surface area (Å²) in [5, 5.41) is 16.6. The third-order valence-electron chi connectivity index (χ3n) is 8.02. The lowest BCUT2D eigenvalue weighted by Crippen LogP contribution is -2.68. The molecule has 16 nitrogen and oxygen atoms in total. The molecule has 6 N–H and O–H groups in total. The predicted octanol–water partition coefficient (Wildman–Crippen LogP) is 1.27. The SMILES string of the molecule is CCOC(=O)N[C@H]1[C@@H](OCc2ccccc2)O[C@@H]2COC(c3ccccc3)O[C@H]2[C@@H]1OC(C)C(=O)NC(C)C(=O)NC(CCC(=O)O)C(N)=O. The fourth-order valence-corrected chi connectivity index (χ4v) is 5.41. The maximum absolute atomic E-state index is 13.4. The average molecular weight is 701 g/mol. The Morgan fingerprint density at radius 3 is 2.28 bits per heavy atom. The van der Waals surface area contributed by atoms with E-state index in [-0.39, 0.29) is 26.2 Å². The zero-order valence-electron chi connectivity index (χ0n) is 28.0. The molecule has 2 aliphatic heterocycles. The quantitative estimate of drug-likeness (QED) is 0.167. The molecular weight excluding hydrogens is 656 g/mol. The highest BCUT2D eigenvalue weighted by molar-refractivity contribution is 5.92. The van der Waals surface area contributed by atoms with Gasteiger partial charge in [-0.3, -0.25) is 19.2 Å². The van der Waals surface area contributed by atoms with Crippen molar-refractivity contribution in [2.75, 3.05) is 13.2 Å². The van der Waals surface area contributed by atoms with Crippen LogP contribution >= 0.6 is 0 Å². The van der Waals surface area contributed by atoms with Gasteiger partial charge < -0.3 is 55.2 Å². The Bertz CT molecular complexity index is 1450. The molecular formula is C34H44N4O12. The van der Waals surface area contributed by atoms with Crippen LogP contribution in [0.2, 0.25) is 0 Å². The van der Waals surface area contributed by atoms with Gasteiger partial charge >= 0.3 is 12.1 Å². The Hall–Kier alpha value is -4.61. The first-order valence-corrected chi connectivity index (χ1v) is 16.3. The van der Waals surface area contributed by atoms with Crippen molar-refractivity contribution in [2.45, 2.75) is 95.3 Å². The van der Waals surface area contributed by atoms with Gasteiger partial charge in [0.05, 0.1) is 19.8 Å². The molecule has 4 rings (SSSR count). The third-order valence-corrected chi connectivity index (χ3v) is 8.02. The van der Waals surface area contributed by atoms with E-state index in [4.69, 9.17) is 39.3 Å². The van der Waals surface area contributed by atoms with E-state index in [1.165, 1.54) is 13.8 Å². The number of carbonyl (C=O) groups is 5. The first kappa shape index (κ1) is 38.2. The molecule has 2 aliphatic rings. The Kier molecular flexibility index (Phi) is 14.1. The normalized spacial score (nSPS) is 24.8.